The lowest BCUT2D eigenvalue weighted by molar-refractivity contribution is -0.161. The highest BCUT2D eigenvalue weighted by Crippen LogP contribution is 2.32. The molecule has 0 aromatic heterocycles. The Morgan fingerprint density at radius 3 is 2.33 bits per heavy atom. The van der Waals surface area contributed by atoms with Crippen molar-refractivity contribution in [2.24, 2.45) is 5.41 Å². The smallest absolute Gasteiger partial charge is 0.345 e. The summed E-state index contributed by atoms with van der Waals surface area (Å²) in [4.78, 5) is 15.3. The van der Waals surface area contributed by atoms with Crippen LogP contribution >= 0.6 is 0 Å². The quantitative estimate of drug-likeness (QED) is 0.815. The number of likely N-dealkylation sites (tertiary alicyclic amines) is 1. The normalized spacial score (nSPS) is 18.4. The van der Waals surface area contributed by atoms with E-state index in [1.54, 1.807) is 0 Å². The molecule has 0 aliphatic carbocycles. The molecule has 0 saturated carbocycles. The fourth-order valence-corrected chi connectivity index (χ4v) is 3.22. The number of nitrogens with zero attached hydrogens (tertiary/aromatic N) is 2. The molecule has 134 valence electrons. The molecule has 0 atom stereocenters. The predicted molar refractivity (Wildman–Crippen MR) is 87.4 cm³/mol. The number of alkyl halides is 3. The van der Waals surface area contributed by atoms with Crippen molar-refractivity contribution in [1.29, 1.82) is 0 Å². The van der Waals surface area contributed by atoms with Gasteiger partial charge in [0.15, 0.2) is 0 Å². The van der Waals surface area contributed by atoms with Crippen molar-refractivity contribution >= 4 is 5.91 Å². The van der Waals surface area contributed by atoms with Crippen molar-refractivity contribution in [3.05, 3.63) is 35.9 Å². The summed E-state index contributed by atoms with van der Waals surface area (Å²) < 4.78 is 37.0. The van der Waals surface area contributed by atoms with Crippen LogP contribution in [0.25, 0.3) is 0 Å². The largest absolute Gasteiger partial charge is 0.397 e. The summed E-state index contributed by atoms with van der Waals surface area (Å²) in [5, 5.41) is 0. The van der Waals surface area contributed by atoms with Crippen molar-refractivity contribution in [2.75, 3.05) is 26.7 Å². The Morgan fingerprint density at radius 1 is 1.21 bits per heavy atom. The molecule has 1 aromatic rings. The average molecular weight is 342 g/mol. The fourth-order valence-electron chi connectivity index (χ4n) is 3.22. The molecule has 24 heavy (non-hydrogen) atoms. The molecule has 2 rings (SSSR count). The number of halogens is 3. The van der Waals surface area contributed by atoms with E-state index in [0.29, 0.717) is 6.54 Å². The summed E-state index contributed by atoms with van der Waals surface area (Å²) in [5.41, 5.74) is 1.14. The van der Waals surface area contributed by atoms with E-state index in [0.717, 1.165) is 32.5 Å². The molecule has 6 heteroatoms. The van der Waals surface area contributed by atoms with E-state index >= 15 is 0 Å². The number of benzene rings is 1. The van der Waals surface area contributed by atoms with E-state index in [4.69, 9.17) is 0 Å². The minimum atomic E-state index is -4.44. The van der Waals surface area contributed by atoms with E-state index in [2.05, 4.69) is 24.0 Å². The van der Waals surface area contributed by atoms with Crippen LogP contribution in [0.3, 0.4) is 0 Å². The van der Waals surface area contributed by atoms with Crippen molar-refractivity contribution in [2.45, 2.75) is 38.9 Å². The average Bonchev–Trinajstić information content (AvgIpc) is 2.49. The third kappa shape index (κ3) is 5.82. The maximum absolute atomic E-state index is 12.3. The SMILES string of the molecule is CN(CC1(C)CCN(Cc2ccccc2)CC1)C(=O)CC(F)(F)F. The summed E-state index contributed by atoms with van der Waals surface area (Å²) in [5.74, 6) is -0.851. The summed E-state index contributed by atoms with van der Waals surface area (Å²) in [6.45, 7) is 5.12. The van der Waals surface area contributed by atoms with Crippen LogP contribution in [0, 0.1) is 5.41 Å². The first kappa shape index (κ1) is 18.8. The number of carbonyl (C=O) groups excluding carboxylic acids is 1. The molecule has 1 amide bonds. The van der Waals surface area contributed by atoms with Gasteiger partial charge >= 0.3 is 6.18 Å². The highest BCUT2D eigenvalue weighted by atomic mass is 19.4. The van der Waals surface area contributed by atoms with Gasteiger partial charge in [0.25, 0.3) is 0 Å². The first-order valence-corrected chi connectivity index (χ1v) is 8.24. The third-order valence-corrected chi connectivity index (χ3v) is 4.71. The lowest BCUT2D eigenvalue weighted by Gasteiger charge is -2.41. The summed E-state index contributed by atoms with van der Waals surface area (Å²) in [7, 11) is 1.47. The van der Waals surface area contributed by atoms with Crippen LogP contribution in [-0.2, 0) is 11.3 Å². The molecule has 3 nitrogen and oxygen atoms in total. The maximum atomic E-state index is 12.3. The van der Waals surface area contributed by atoms with Crippen LogP contribution in [0.5, 0.6) is 0 Å². The Labute approximate surface area is 141 Å². The Balaban J connectivity index is 1.82. The van der Waals surface area contributed by atoms with Crippen LogP contribution < -0.4 is 0 Å². The zero-order chi connectivity index (χ0) is 17.8. The van der Waals surface area contributed by atoms with Crippen molar-refractivity contribution in [3.8, 4) is 0 Å². The van der Waals surface area contributed by atoms with Crippen LogP contribution in [0.2, 0.25) is 0 Å². The van der Waals surface area contributed by atoms with E-state index in [1.807, 2.05) is 18.2 Å². The van der Waals surface area contributed by atoms with Gasteiger partial charge in [0.2, 0.25) is 5.91 Å². The van der Waals surface area contributed by atoms with E-state index in [-0.39, 0.29) is 5.41 Å². The molecular weight excluding hydrogens is 317 g/mol. The third-order valence-electron chi connectivity index (χ3n) is 4.71. The zero-order valence-corrected chi connectivity index (χ0v) is 14.3. The monoisotopic (exact) mass is 342 g/mol. The maximum Gasteiger partial charge on any atom is 0.397 e. The number of hydrogen-bond acceptors (Lipinski definition) is 2. The van der Waals surface area contributed by atoms with Gasteiger partial charge in [-0.05, 0) is 36.9 Å². The predicted octanol–water partition coefficient (Wildman–Crippen LogP) is 3.70. The number of amides is 1. The van der Waals surface area contributed by atoms with E-state index in [9.17, 15) is 18.0 Å². The van der Waals surface area contributed by atoms with Gasteiger partial charge in [-0.1, -0.05) is 37.3 Å². The van der Waals surface area contributed by atoms with Crippen LogP contribution in [-0.4, -0.2) is 48.6 Å². The van der Waals surface area contributed by atoms with Gasteiger partial charge in [-0.15, -0.1) is 0 Å². The standard InChI is InChI=1S/C18H25F3N2O/c1-17(14-22(2)16(24)12-18(19,20)21)8-10-23(11-9-17)13-15-6-4-3-5-7-15/h3-7H,8-14H2,1-2H3. The Hall–Kier alpha value is -1.56. The molecule has 1 saturated heterocycles. The second-order valence-corrected chi connectivity index (χ2v) is 7.11. The van der Waals surface area contributed by atoms with Gasteiger partial charge in [0, 0.05) is 20.1 Å². The summed E-state index contributed by atoms with van der Waals surface area (Å²) in [6.07, 6.45) is -4.06. The molecule has 0 spiro atoms. The molecule has 1 aliphatic rings. The fraction of sp³-hybridized carbons (Fsp3) is 0.611. The lowest BCUT2D eigenvalue weighted by Crippen LogP contribution is -2.45. The Morgan fingerprint density at radius 2 is 1.79 bits per heavy atom. The van der Waals surface area contributed by atoms with Crippen LogP contribution in [0.1, 0.15) is 31.7 Å². The lowest BCUT2D eigenvalue weighted by atomic mass is 9.79. The minimum absolute atomic E-state index is 0.122. The minimum Gasteiger partial charge on any atom is -0.345 e. The van der Waals surface area contributed by atoms with E-state index in [1.165, 1.54) is 17.5 Å². The second kappa shape index (κ2) is 7.55. The molecular formula is C18H25F3N2O. The molecule has 1 fully saturated rings. The Kier molecular flexibility index (Phi) is 5.91. The van der Waals surface area contributed by atoms with Crippen LogP contribution in [0.15, 0.2) is 30.3 Å². The zero-order valence-electron chi connectivity index (χ0n) is 14.3. The highest BCUT2D eigenvalue weighted by molar-refractivity contribution is 5.76. The molecule has 0 bridgehead atoms. The first-order valence-electron chi connectivity index (χ1n) is 8.24. The number of hydrogen-bond donors (Lipinski definition) is 0. The second-order valence-electron chi connectivity index (χ2n) is 7.11. The van der Waals surface area contributed by atoms with Gasteiger partial charge in [-0.3, -0.25) is 9.69 Å². The van der Waals surface area contributed by atoms with Crippen molar-refractivity contribution < 1.29 is 18.0 Å². The molecule has 1 heterocycles. The molecule has 0 N–H and O–H groups in total. The Bertz CT molecular complexity index is 537. The number of carbonyl (C=O) groups is 1. The molecule has 0 unspecified atom stereocenters. The number of rotatable bonds is 5. The molecule has 0 radical (unpaired) electrons. The topological polar surface area (TPSA) is 23.6 Å². The summed E-state index contributed by atoms with van der Waals surface area (Å²) >= 11 is 0. The van der Waals surface area contributed by atoms with Crippen molar-refractivity contribution in [3.63, 3.8) is 0 Å². The summed E-state index contributed by atoms with van der Waals surface area (Å²) in [6, 6.07) is 10.2. The first-order chi connectivity index (χ1) is 11.2. The molecule has 1 aliphatic heterocycles. The number of piperidine rings is 1. The van der Waals surface area contributed by atoms with Gasteiger partial charge in [0.1, 0.15) is 6.42 Å². The van der Waals surface area contributed by atoms with Gasteiger partial charge in [-0.25, -0.2) is 0 Å². The van der Waals surface area contributed by atoms with Gasteiger partial charge < -0.3 is 4.90 Å². The highest BCUT2D eigenvalue weighted by Gasteiger charge is 2.36. The van der Waals surface area contributed by atoms with Crippen LogP contribution in [0.4, 0.5) is 13.2 Å². The van der Waals surface area contributed by atoms with E-state index < -0.39 is 18.5 Å². The van der Waals surface area contributed by atoms with Gasteiger partial charge in [0.05, 0.1) is 0 Å². The molecule has 1 aromatic carbocycles. The van der Waals surface area contributed by atoms with Crippen molar-refractivity contribution in [1.82, 2.24) is 9.80 Å². The van der Waals surface area contributed by atoms with Gasteiger partial charge in [-0.2, -0.15) is 13.2 Å².